The number of methoxy groups -OCH3 is 1. The van der Waals surface area contributed by atoms with E-state index in [0.717, 1.165) is 13.2 Å². The molecule has 0 bridgehead atoms. The molecule has 0 saturated heterocycles. The third kappa shape index (κ3) is 5.84. The summed E-state index contributed by atoms with van der Waals surface area (Å²) in [5.74, 6) is 3.60. The fourth-order valence-corrected chi connectivity index (χ4v) is 0.657. The van der Waals surface area contributed by atoms with Crippen molar-refractivity contribution < 1.29 is 9.31 Å². The number of hydrogen-bond donors (Lipinski definition) is 0. The predicted octanol–water partition coefficient (Wildman–Crippen LogP) is 1.16. The smallest absolute Gasteiger partial charge is 0.162 e. The monoisotopic (exact) mass is 156 g/mol. The summed E-state index contributed by atoms with van der Waals surface area (Å²) >= 11 is 0. The molecule has 2 nitrogen and oxygen atoms in total. The van der Waals surface area contributed by atoms with Crippen molar-refractivity contribution in [3.05, 3.63) is 6.08 Å². The van der Waals surface area contributed by atoms with E-state index in [4.69, 9.17) is 4.74 Å². The summed E-state index contributed by atoms with van der Waals surface area (Å²) < 4.78 is 7.00. The van der Waals surface area contributed by atoms with Crippen molar-refractivity contribution in [3.63, 3.8) is 0 Å². The van der Waals surface area contributed by atoms with Gasteiger partial charge in [-0.05, 0) is 6.92 Å². The molecule has 0 aliphatic carbocycles. The molecule has 1 unspecified atom stereocenters. The van der Waals surface area contributed by atoms with Gasteiger partial charge in [0.05, 0.1) is 6.61 Å². The Morgan fingerprint density at radius 3 is 2.73 bits per heavy atom. The molecular formula is C9H18NO+. The van der Waals surface area contributed by atoms with Crippen molar-refractivity contribution in [1.82, 2.24) is 0 Å². The molecular weight excluding hydrogens is 138 g/mol. The minimum atomic E-state index is 0.453. The summed E-state index contributed by atoms with van der Waals surface area (Å²) in [6.07, 6.45) is 2.03. The van der Waals surface area contributed by atoms with E-state index in [-0.39, 0.29) is 0 Å². The van der Waals surface area contributed by atoms with Crippen LogP contribution in [0.25, 0.3) is 0 Å². The van der Waals surface area contributed by atoms with Crippen molar-refractivity contribution >= 4 is 5.87 Å². The van der Waals surface area contributed by atoms with E-state index in [2.05, 4.69) is 19.7 Å². The van der Waals surface area contributed by atoms with Crippen molar-refractivity contribution in [1.29, 1.82) is 0 Å². The van der Waals surface area contributed by atoms with Gasteiger partial charge >= 0.3 is 0 Å². The molecule has 0 N–H and O–H groups in total. The van der Waals surface area contributed by atoms with E-state index in [9.17, 15) is 0 Å². The van der Waals surface area contributed by atoms with Crippen LogP contribution in [0.2, 0.25) is 0 Å². The topological polar surface area (TPSA) is 12.2 Å². The van der Waals surface area contributed by atoms with E-state index in [1.807, 2.05) is 17.7 Å². The van der Waals surface area contributed by atoms with E-state index >= 15 is 0 Å². The molecule has 1 atom stereocenters. The second-order valence-corrected chi connectivity index (χ2v) is 2.74. The van der Waals surface area contributed by atoms with E-state index in [1.165, 1.54) is 0 Å². The quantitative estimate of drug-likeness (QED) is 0.439. The summed E-state index contributed by atoms with van der Waals surface area (Å²) in [5, 5.41) is 0. The first-order valence-corrected chi connectivity index (χ1v) is 4.00. The lowest BCUT2D eigenvalue weighted by molar-refractivity contribution is -0.486. The predicted molar refractivity (Wildman–Crippen MR) is 47.3 cm³/mol. The van der Waals surface area contributed by atoms with Gasteiger partial charge < -0.3 is 4.74 Å². The highest BCUT2D eigenvalue weighted by Crippen LogP contribution is 1.92. The molecule has 0 fully saturated rings. The summed E-state index contributed by atoms with van der Waals surface area (Å²) in [6.45, 7) is 5.97. The van der Waals surface area contributed by atoms with Crippen LogP contribution in [-0.2, 0) is 4.74 Å². The molecule has 0 spiro atoms. The zero-order valence-corrected chi connectivity index (χ0v) is 7.92. The van der Waals surface area contributed by atoms with Crippen LogP contribution in [0.3, 0.4) is 0 Å². The Morgan fingerprint density at radius 1 is 1.64 bits per heavy atom. The maximum absolute atomic E-state index is 4.98. The zero-order valence-electron chi connectivity index (χ0n) is 7.92. The van der Waals surface area contributed by atoms with E-state index < -0.39 is 0 Å². The molecule has 0 heterocycles. The van der Waals surface area contributed by atoms with Gasteiger partial charge in [-0.15, -0.1) is 0 Å². The summed E-state index contributed by atoms with van der Waals surface area (Å²) in [7, 11) is 3.73. The van der Waals surface area contributed by atoms with E-state index in [0.29, 0.717) is 5.92 Å². The van der Waals surface area contributed by atoms with Gasteiger partial charge in [-0.2, -0.15) is 4.58 Å². The van der Waals surface area contributed by atoms with Crippen molar-refractivity contribution in [2.45, 2.75) is 13.8 Å². The molecule has 0 radical (unpaired) electrons. The van der Waals surface area contributed by atoms with Crippen LogP contribution in [0, 0.1) is 5.92 Å². The molecule has 0 saturated carbocycles. The Labute approximate surface area is 69.2 Å². The lowest BCUT2D eigenvalue weighted by atomic mass is 10.2. The standard InChI is InChI=1S/C9H18NO/c1-5-10(3)7-6-9(2)8-11-4/h6,9H,5,8H2,1-4H3/q+1. The normalized spacial score (nSPS) is 12.0. The lowest BCUT2D eigenvalue weighted by Gasteiger charge is -1.99. The molecule has 0 aliphatic rings. The van der Waals surface area contributed by atoms with Gasteiger partial charge in [-0.3, -0.25) is 0 Å². The first-order valence-electron chi connectivity index (χ1n) is 4.00. The van der Waals surface area contributed by atoms with Crippen LogP contribution in [0.4, 0.5) is 0 Å². The molecule has 2 heteroatoms. The molecule has 0 amide bonds. The molecule has 64 valence electrons. The Kier molecular flexibility index (Phi) is 5.81. The maximum atomic E-state index is 4.98. The second kappa shape index (κ2) is 6.14. The van der Waals surface area contributed by atoms with Gasteiger partial charge in [0.1, 0.15) is 13.6 Å². The zero-order chi connectivity index (χ0) is 8.69. The maximum Gasteiger partial charge on any atom is 0.162 e. The van der Waals surface area contributed by atoms with Crippen molar-refractivity contribution in [2.24, 2.45) is 5.92 Å². The van der Waals surface area contributed by atoms with Gasteiger partial charge in [0, 0.05) is 19.1 Å². The highest BCUT2D eigenvalue weighted by molar-refractivity contribution is 5.46. The number of rotatable bonds is 4. The lowest BCUT2D eigenvalue weighted by Crippen LogP contribution is -2.04. The van der Waals surface area contributed by atoms with Gasteiger partial charge in [0.25, 0.3) is 0 Å². The van der Waals surface area contributed by atoms with Gasteiger partial charge in [0.2, 0.25) is 0 Å². The number of ether oxygens (including phenoxy) is 1. The third-order valence-electron chi connectivity index (χ3n) is 1.48. The number of hydrogen-bond acceptors (Lipinski definition) is 1. The van der Waals surface area contributed by atoms with E-state index in [1.54, 1.807) is 7.11 Å². The van der Waals surface area contributed by atoms with Crippen LogP contribution in [0.1, 0.15) is 13.8 Å². The number of nitrogens with zero attached hydrogens (tertiary/aromatic N) is 1. The van der Waals surface area contributed by atoms with Crippen LogP contribution in [-0.4, -0.2) is 37.8 Å². The van der Waals surface area contributed by atoms with Crippen LogP contribution in [0.15, 0.2) is 6.08 Å². The van der Waals surface area contributed by atoms with Crippen molar-refractivity contribution in [2.75, 3.05) is 27.3 Å². The summed E-state index contributed by atoms with van der Waals surface area (Å²) in [4.78, 5) is 0. The Bertz CT molecular complexity index is 157. The highest BCUT2D eigenvalue weighted by Gasteiger charge is 1.95. The minimum absolute atomic E-state index is 0.453. The van der Waals surface area contributed by atoms with Gasteiger partial charge in [-0.25, -0.2) is 0 Å². The van der Waals surface area contributed by atoms with Gasteiger partial charge in [-0.1, -0.05) is 6.92 Å². The molecule has 0 aromatic heterocycles. The van der Waals surface area contributed by atoms with Gasteiger partial charge in [0.15, 0.2) is 5.87 Å². The molecule has 0 aliphatic heterocycles. The van der Waals surface area contributed by atoms with Crippen LogP contribution < -0.4 is 0 Å². The first kappa shape index (κ1) is 10.4. The summed E-state index contributed by atoms with van der Waals surface area (Å²) in [5.41, 5.74) is 0. The fraction of sp³-hybridized carbons (Fsp3) is 0.778. The Hall–Kier alpha value is -0.590. The second-order valence-electron chi connectivity index (χ2n) is 2.74. The summed E-state index contributed by atoms with van der Waals surface area (Å²) in [6, 6.07) is 0. The highest BCUT2D eigenvalue weighted by atomic mass is 16.5. The van der Waals surface area contributed by atoms with Crippen molar-refractivity contribution in [3.8, 4) is 0 Å². The largest absolute Gasteiger partial charge is 0.384 e. The molecule has 0 aromatic rings. The third-order valence-corrected chi connectivity index (χ3v) is 1.48. The van der Waals surface area contributed by atoms with Crippen LogP contribution >= 0.6 is 0 Å². The molecule has 11 heavy (non-hydrogen) atoms. The Balaban J connectivity index is 3.89. The van der Waals surface area contributed by atoms with Crippen LogP contribution in [0.5, 0.6) is 0 Å². The molecule has 0 rings (SSSR count). The molecule has 0 aromatic carbocycles. The fourth-order valence-electron chi connectivity index (χ4n) is 0.657. The average molecular weight is 156 g/mol. The SMILES string of the molecule is CC[N+](C)=C=CC(C)COC. The Morgan fingerprint density at radius 2 is 2.27 bits per heavy atom. The minimum Gasteiger partial charge on any atom is -0.384 e. The average Bonchev–Trinajstić information content (AvgIpc) is 2.01. The first-order chi connectivity index (χ1) is 5.20.